The zero-order valence-electron chi connectivity index (χ0n) is 8.90. The number of ether oxygens (including phenoxy) is 1. The maximum absolute atomic E-state index is 11.7. The molecule has 0 radical (unpaired) electrons. The van der Waals surface area contributed by atoms with Gasteiger partial charge in [-0.25, -0.2) is 0 Å². The number of esters is 1. The Bertz CT molecular complexity index is 257. The van der Waals surface area contributed by atoms with E-state index in [-0.39, 0.29) is 11.9 Å². The van der Waals surface area contributed by atoms with Crippen molar-refractivity contribution in [2.24, 2.45) is 23.7 Å². The van der Waals surface area contributed by atoms with Gasteiger partial charge in [0.05, 0.1) is 12.5 Å². The molecule has 0 N–H and O–H groups in total. The predicted octanol–water partition coefficient (Wildman–Crippen LogP) is 2.40. The first-order valence-electron chi connectivity index (χ1n) is 5.62. The fraction of sp³-hybridized carbons (Fsp3) is 0.750. The van der Waals surface area contributed by atoms with Crippen LogP contribution >= 0.6 is 0 Å². The van der Waals surface area contributed by atoms with E-state index in [0.717, 1.165) is 6.42 Å². The molecule has 78 valence electrons. The fourth-order valence-corrected chi connectivity index (χ4v) is 3.07. The minimum atomic E-state index is 0.0243. The van der Waals surface area contributed by atoms with Crippen LogP contribution in [-0.4, -0.2) is 12.6 Å². The Hall–Kier alpha value is -0.790. The van der Waals surface area contributed by atoms with E-state index in [1.807, 2.05) is 6.92 Å². The van der Waals surface area contributed by atoms with Gasteiger partial charge in [0.1, 0.15) is 0 Å². The monoisotopic (exact) mass is 194 g/mol. The summed E-state index contributed by atoms with van der Waals surface area (Å²) in [6, 6.07) is 0. The Morgan fingerprint density at radius 1 is 1.36 bits per heavy atom. The molecule has 1 fully saturated rings. The van der Waals surface area contributed by atoms with Crippen molar-refractivity contribution in [3.63, 3.8) is 0 Å². The number of carbonyl (C=O) groups excluding carboxylic acids is 1. The number of fused-ring (bicyclic) bond motifs is 2. The molecule has 1 saturated carbocycles. The van der Waals surface area contributed by atoms with Gasteiger partial charge in [-0.1, -0.05) is 25.5 Å². The third-order valence-corrected chi connectivity index (χ3v) is 3.65. The van der Waals surface area contributed by atoms with Crippen molar-refractivity contribution in [2.45, 2.75) is 26.7 Å². The topological polar surface area (TPSA) is 26.3 Å². The molecule has 0 aliphatic heterocycles. The van der Waals surface area contributed by atoms with Gasteiger partial charge in [-0.2, -0.15) is 0 Å². The lowest BCUT2D eigenvalue weighted by Gasteiger charge is -2.24. The maximum Gasteiger partial charge on any atom is 0.309 e. The van der Waals surface area contributed by atoms with Crippen LogP contribution in [0.3, 0.4) is 0 Å². The molecule has 0 amide bonds. The predicted molar refractivity (Wildman–Crippen MR) is 54.6 cm³/mol. The summed E-state index contributed by atoms with van der Waals surface area (Å²) in [4.78, 5) is 11.7. The van der Waals surface area contributed by atoms with Crippen molar-refractivity contribution >= 4 is 5.97 Å². The van der Waals surface area contributed by atoms with E-state index < -0.39 is 0 Å². The average Bonchev–Trinajstić information content (AvgIpc) is 2.76. The number of hydrogen-bond donors (Lipinski definition) is 0. The van der Waals surface area contributed by atoms with Crippen LogP contribution in [0.5, 0.6) is 0 Å². The van der Waals surface area contributed by atoms with E-state index in [1.54, 1.807) is 0 Å². The SMILES string of the molecule is CCOC(=O)C1C2C=CC(C2)C1CC. The summed E-state index contributed by atoms with van der Waals surface area (Å²) in [6.07, 6.45) is 6.75. The highest BCUT2D eigenvalue weighted by Gasteiger charge is 2.47. The van der Waals surface area contributed by atoms with Crippen molar-refractivity contribution in [1.29, 1.82) is 0 Å². The number of hydrogen-bond acceptors (Lipinski definition) is 2. The van der Waals surface area contributed by atoms with E-state index in [9.17, 15) is 4.79 Å². The normalized spacial score (nSPS) is 39.0. The molecular weight excluding hydrogens is 176 g/mol. The van der Waals surface area contributed by atoms with Crippen LogP contribution in [0, 0.1) is 23.7 Å². The molecule has 0 aromatic heterocycles. The third-order valence-electron chi connectivity index (χ3n) is 3.65. The van der Waals surface area contributed by atoms with Crippen LogP contribution in [0.15, 0.2) is 12.2 Å². The van der Waals surface area contributed by atoms with Crippen molar-refractivity contribution in [1.82, 2.24) is 0 Å². The molecule has 2 aliphatic carbocycles. The van der Waals surface area contributed by atoms with E-state index in [1.165, 1.54) is 6.42 Å². The quantitative estimate of drug-likeness (QED) is 0.509. The first-order chi connectivity index (χ1) is 6.77. The first-order valence-corrected chi connectivity index (χ1v) is 5.62. The van der Waals surface area contributed by atoms with Crippen molar-refractivity contribution in [2.75, 3.05) is 6.61 Å². The summed E-state index contributed by atoms with van der Waals surface area (Å²) in [5.74, 6) is 1.80. The second-order valence-electron chi connectivity index (χ2n) is 4.30. The molecule has 4 unspecified atom stereocenters. The van der Waals surface area contributed by atoms with Gasteiger partial charge in [-0.05, 0) is 31.1 Å². The average molecular weight is 194 g/mol. The van der Waals surface area contributed by atoms with Gasteiger partial charge in [0.15, 0.2) is 0 Å². The third kappa shape index (κ3) is 1.37. The van der Waals surface area contributed by atoms with Gasteiger partial charge in [-0.3, -0.25) is 4.79 Å². The summed E-state index contributed by atoms with van der Waals surface area (Å²) in [6.45, 7) is 4.56. The van der Waals surface area contributed by atoms with Gasteiger partial charge in [0, 0.05) is 0 Å². The number of allylic oxidation sites excluding steroid dienone is 2. The molecule has 2 heteroatoms. The summed E-state index contributed by atoms with van der Waals surface area (Å²) >= 11 is 0. The molecule has 0 aromatic rings. The van der Waals surface area contributed by atoms with E-state index >= 15 is 0 Å². The highest BCUT2D eigenvalue weighted by Crippen LogP contribution is 2.49. The van der Waals surface area contributed by atoms with Gasteiger partial charge < -0.3 is 4.74 Å². The van der Waals surface area contributed by atoms with Gasteiger partial charge in [0.2, 0.25) is 0 Å². The summed E-state index contributed by atoms with van der Waals surface area (Å²) in [5, 5.41) is 0. The lowest BCUT2D eigenvalue weighted by molar-refractivity contribution is -0.150. The van der Waals surface area contributed by atoms with Crippen molar-refractivity contribution in [3.05, 3.63) is 12.2 Å². The molecule has 0 saturated heterocycles. The van der Waals surface area contributed by atoms with Gasteiger partial charge in [0.25, 0.3) is 0 Å². The second kappa shape index (κ2) is 3.76. The largest absolute Gasteiger partial charge is 0.466 e. The summed E-state index contributed by atoms with van der Waals surface area (Å²) in [5.41, 5.74) is 0. The van der Waals surface area contributed by atoms with Crippen LogP contribution in [0.1, 0.15) is 26.7 Å². The Morgan fingerprint density at radius 3 is 2.71 bits per heavy atom. The summed E-state index contributed by atoms with van der Waals surface area (Å²) in [7, 11) is 0. The molecule has 2 nitrogen and oxygen atoms in total. The maximum atomic E-state index is 11.7. The Balaban J connectivity index is 2.10. The minimum Gasteiger partial charge on any atom is -0.466 e. The lowest BCUT2D eigenvalue weighted by atomic mass is 9.81. The number of rotatable bonds is 3. The molecule has 2 aliphatic rings. The lowest BCUT2D eigenvalue weighted by Crippen LogP contribution is -2.28. The van der Waals surface area contributed by atoms with Crippen LogP contribution < -0.4 is 0 Å². The highest BCUT2D eigenvalue weighted by molar-refractivity contribution is 5.74. The smallest absolute Gasteiger partial charge is 0.309 e. The second-order valence-corrected chi connectivity index (χ2v) is 4.30. The van der Waals surface area contributed by atoms with Crippen molar-refractivity contribution < 1.29 is 9.53 Å². The fourth-order valence-electron chi connectivity index (χ4n) is 3.07. The van der Waals surface area contributed by atoms with Crippen LogP contribution in [0.25, 0.3) is 0 Å². The Kier molecular flexibility index (Phi) is 2.62. The highest BCUT2D eigenvalue weighted by atomic mass is 16.5. The molecule has 0 spiro atoms. The zero-order chi connectivity index (χ0) is 10.1. The molecule has 2 rings (SSSR count). The minimum absolute atomic E-state index is 0.0243. The molecule has 4 atom stereocenters. The number of carbonyl (C=O) groups is 1. The Morgan fingerprint density at radius 2 is 2.07 bits per heavy atom. The van der Waals surface area contributed by atoms with Gasteiger partial charge in [-0.15, -0.1) is 0 Å². The zero-order valence-corrected chi connectivity index (χ0v) is 8.90. The molecule has 14 heavy (non-hydrogen) atoms. The van der Waals surface area contributed by atoms with Crippen LogP contribution in [0.4, 0.5) is 0 Å². The van der Waals surface area contributed by atoms with E-state index in [2.05, 4.69) is 19.1 Å². The molecule has 0 heterocycles. The van der Waals surface area contributed by atoms with Crippen molar-refractivity contribution in [3.8, 4) is 0 Å². The van der Waals surface area contributed by atoms with E-state index in [4.69, 9.17) is 4.74 Å². The first kappa shape index (κ1) is 9.75. The van der Waals surface area contributed by atoms with Crippen LogP contribution in [-0.2, 0) is 9.53 Å². The molecular formula is C12H18O2. The summed E-state index contributed by atoms with van der Waals surface area (Å²) < 4.78 is 5.14. The Labute approximate surface area is 85.3 Å². The van der Waals surface area contributed by atoms with E-state index in [0.29, 0.717) is 24.4 Å². The van der Waals surface area contributed by atoms with Crippen LogP contribution in [0.2, 0.25) is 0 Å². The van der Waals surface area contributed by atoms with Gasteiger partial charge >= 0.3 is 5.97 Å². The molecule has 0 aromatic carbocycles. The standard InChI is InChI=1S/C12H18O2/c1-3-10-8-5-6-9(7-8)11(10)12(13)14-4-2/h5-6,8-11H,3-4,7H2,1-2H3. The molecule has 2 bridgehead atoms.